The van der Waals surface area contributed by atoms with Crippen LogP contribution in [-0.2, 0) is 4.79 Å². The molecule has 1 aromatic heterocycles. The van der Waals surface area contributed by atoms with Crippen molar-refractivity contribution in [2.24, 2.45) is 0 Å². The van der Waals surface area contributed by atoms with Gasteiger partial charge in [0.05, 0.1) is 0 Å². The summed E-state index contributed by atoms with van der Waals surface area (Å²) < 4.78 is 0. The van der Waals surface area contributed by atoms with E-state index in [2.05, 4.69) is 20.6 Å². The minimum Gasteiger partial charge on any atom is -0.316 e. The molecule has 0 aliphatic carbocycles. The number of carbonyl (C=O) groups is 1. The van der Waals surface area contributed by atoms with Gasteiger partial charge in [-0.1, -0.05) is 6.92 Å². The molecule has 0 fully saturated rings. The largest absolute Gasteiger partial charge is 0.316 e. The van der Waals surface area contributed by atoms with E-state index in [1.165, 1.54) is 0 Å². The Morgan fingerprint density at radius 3 is 2.50 bits per heavy atom. The maximum atomic E-state index is 11.5. The van der Waals surface area contributed by atoms with Gasteiger partial charge in [-0.15, -0.1) is 0 Å². The van der Waals surface area contributed by atoms with Crippen molar-refractivity contribution in [1.29, 1.82) is 0 Å². The Balaban J connectivity index is 2.49. The molecule has 1 rings (SSSR count). The molecule has 0 unspecified atom stereocenters. The number of anilines is 1. The quantitative estimate of drug-likeness (QED) is 0.730. The predicted molar refractivity (Wildman–Crippen MR) is 63.3 cm³/mol. The second-order valence-electron chi connectivity index (χ2n) is 3.63. The fraction of sp³-hybridized carbons (Fsp3) is 0.545. The summed E-state index contributed by atoms with van der Waals surface area (Å²) in [5, 5.41) is 5.77. The molecule has 0 saturated carbocycles. The zero-order chi connectivity index (χ0) is 12.0. The van der Waals surface area contributed by atoms with E-state index < -0.39 is 0 Å². The second-order valence-corrected chi connectivity index (χ2v) is 3.63. The van der Waals surface area contributed by atoms with Gasteiger partial charge in [-0.05, 0) is 26.5 Å². The summed E-state index contributed by atoms with van der Waals surface area (Å²) in [6.07, 6.45) is 0.435. The Hall–Kier alpha value is -1.49. The van der Waals surface area contributed by atoms with E-state index in [1.54, 1.807) is 0 Å². The minimum atomic E-state index is -0.0639. The Morgan fingerprint density at radius 1 is 1.31 bits per heavy atom. The van der Waals surface area contributed by atoms with Crippen LogP contribution in [0.15, 0.2) is 6.07 Å². The van der Waals surface area contributed by atoms with Gasteiger partial charge in [0.1, 0.15) is 0 Å². The molecule has 0 aliphatic rings. The van der Waals surface area contributed by atoms with Gasteiger partial charge < -0.3 is 5.32 Å². The van der Waals surface area contributed by atoms with E-state index in [-0.39, 0.29) is 5.91 Å². The zero-order valence-electron chi connectivity index (χ0n) is 10.0. The lowest BCUT2D eigenvalue weighted by atomic mass is 10.3. The van der Waals surface area contributed by atoms with Crippen LogP contribution in [0, 0.1) is 13.8 Å². The summed E-state index contributed by atoms with van der Waals surface area (Å²) in [5.74, 6) is 0.324. The van der Waals surface area contributed by atoms with E-state index in [0.29, 0.717) is 18.9 Å². The number of aromatic nitrogens is 2. The van der Waals surface area contributed by atoms with Gasteiger partial charge in [0, 0.05) is 24.4 Å². The van der Waals surface area contributed by atoms with Crippen LogP contribution in [-0.4, -0.2) is 29.0 Å². The van der Waals surface area contributed by atoms with E-state index in [4.69, 9.17) is 0 Å². The molecule has 0 aliphatic heterocycles. The monoisotopic (exact) mass is 222 g/mol. The van der Waals surface area contributed by atoms with E-state index >= 15 is 0 Å². The van der Waals surface area contributed by atoms with Gasteiger partial charge in [-0.2, -0.15) is 0 Å². The molecule has 0 spiro atoms. The second kappa shape index (κ2) is 6.17. The smallest absolute Gasteiger partial charge is 0.229 e. The van der Waals surface area contributed by atoms with E-state index in [0.717, 1.165) is 17.9 Å². The molecule has 2 N–H and O–H groups in total. The molecule has 5 heteroatoms. The molecular formula is C11H18N4O. The topological polar surface area (TPSA) is 66.9 Å². The maximum Gasteiger partial charge on any atom is 0.229 e. The highest BCUT2D eigenvalue weighted by molar-refractivity contribution is 5.89. The van der Waals surface area contributed by atoms with Crippen molar-refractivity contribution in [1.82, 2.24) is 15.3 Å². The summed E-state index contributed by atoms with van der Waals surface area (Å²) >= 11 is 0. The van der Waals surface area contributed by atoms with Gasteiger partial charge >= 0.3 is 0 Å². The molecule has 0 atom stereocenters. The average Bonchev–Trinajstić information content (AvgIpc) is 2.16. The van der Waals surface area contributed by atoms with Gasteiger partial charge in [0.15, 0.2) is 0 Å². The summed E-state index contributed by atoms with van der Waals surface area (Å²) in [7, 11) is 0. The summed E-state index contributed by atoms with van der Waals surface area (Å²) in [6.45, 7) is 7.30. The summed E-state index contributed by atoms with van der Waals surface area (Å²) in [6, 6.07) is 1.87. The normalized spacial score (nSPS) is 10.2. The van der Waals surface area contributed by atoms with Crippen molar-refractivity contribution in [2.45, 2.75) is 27.2 Å². The van der Waals surface area contributed by atoms with Crippen molar-refractivity contribution in [2.75, 3.05) is 18.4 Å². The SMILES string of the molecule is CCNCCC(=O)Nc1nc(C)cc(C)n1. The first-order valence-corrected chi connectivity index (χ1v) is 5.44. The van der Waals surface area contributed by atoms with Crippen LogP contribution in [0.25, 0.3) is 0 Å². The number of nitrogens with one attached hydrogen (secondary N) is 2. The molecule has 88 valence electrons. The first kappa shape index (κ1) is 12.6. The van der Waals surface area contributed by atoms with Crippen LogP contribution in [0.4, 0.5) is 5.95 Å². The van der Waals surface area contributed by atoms with Gasteiger partial charge in [0.25, 0.3) is 0 Å². The Kier molecular flexibility index (Phi) is 4.85. The van der Waals surface area contributed by atoms with Gasteiger partial charge in [-0.3, -0.25) is 10.1 Å². The number of rotatable bonds is 5. The molecule has 0 aromatic carbocycles. The lowest BCUT2D eigenvalue weighted by Crippen LogP contribution is -2.22. The number of nitrogens with zero attached hydrogens (tertiary/aromatic N) is 2. The summed E-state index contributed by atoms with van der Waals surface area (Å²) in [5.41, 5.74) is 1.71. The fourth-order valence-electron chi connectivity index (χ4n) is 1.35. The van der Waals surface area contributed by atoms with Gasteiger partial charge in [-0.25, -0.2) is 9.97 Å². The van der Waals surface area contributed by atoms with E-state index in [9.17, 15) is 4.79 Å². The zero-order valence-corrected chi connectivity index (χ0v) is 10.0. The molecule has 1 amide bonds. The van der Waals surface area contributed by atoms with Crippen LogP contribution in [0.3, 0.4) is 0 Å². The third-order valence-electron chi connectivity index (χ3n) is 2.01. The van der Waals surface area contributed by atoms with Crippen molar-refractivity contribution >= 4 is 11.9 Å². The van der Waals surface area contributed by atoms with Crippen LogP contribution in [0.1, 0.15) is 24.7 Å². The van der Waals surface area contributed by atoms with Crippen molar-refractivity contribution in [3.63, 3.8) is 0 Å². The van der Waals surface area contributed by atoms with E-state index in [1.807, 2.05) is 26.8 Å². The lowest BCUT2D eigenvalue weighted by Gasteiger charge is -2.05. The standard InChI is InChI=1S/C11H18N4O/c1-4-12-6-5-10(16)15-11-13-8(2)7-9(3)14-11/h7,12H,4-6H2,1-3H3,(H,13,14,15,16). The first-order chi connectivity index (χ1) is 7.61. The van der Waals surface area contributed by atoms with Crippen LogP contribution in [0.5, 0.6) is 0 Å². The van der Waals surface area contributed by atoms with Crippen LogP contribution < -0.4 is 10.6 Å². The molecule has 0 saturated heterocycles. The van der Waals surface area contributed by atoms with Crippen molar-refractivity contribution in [3.8, 4) is 0 Å². The number of aryl methyl sites for hydroxylation is 2. The number of carbonyl (C=O) groups excluding carboxylic acids is 1. The molecule has 16 heavy (non-hydrogen) atoms. The highest BCUT2D eigenvalue weighted by Crippen LogP contribution is 2.03. The third kappa shape index (κ3) is 4.35. The molecule has 5 nitrogen and oxygen atoms in total. The Morgan fingerprint density at radius 2 is 1.94 bits per heavy atom. The lowest BCUT2D eigenvalue weighted by molar-refractivity contribution is -0.116. The Labute approximate surface area is 95.7 Å². The fourth-order valence-corrected chi connectivity index (χ4v) is 1.35. The number of hydrogen-bond acceptors (Lipinski definition) is 4. The number of amides is 1. The average molecular weight is 222 g/mol. The third-order valence-corrected chi connectivity index (χ3v) is 2.01. The Bertz CT molecular complexity index is 345. The molecule has 1 aromatic rings. The van der Waals surface area contributed by atoms with Crippen LogP contribution >= 0.6 is 0 Å². The molecule has 1 heterocycles. The molecule has 0 radical (unpaired) electrons. The van der Waals surface area contributed by atoms with Gasteiger partial charge in [0.2, 0.25) is 11.9 Å². The number of hydrogen-bond donors (Lipinski definition) is 2. The maximum absolute atomic E-state index is 11.5. The van der Waals surface area contributed by atoms with Crippen molar-refractivity contribution < 1.29 is 4.79 Å². The predicted octanol–water partition coefficient (Wildman–Crippen LogP) is 1.03. The first-order valence-electron chi connectivity index (χ1n) is 5.44. The summed E-state index contributed by atoms with van der Waals surface area (Å²) in [4.78, 5) is 19.8. The molecular weight excluding hydrogens is 204 g/mol. The minimum absolute atomic E-state index is 0.0639. The highest BCUT2D eigenvalue weighted by Gasteiger charge is 2.04. The highest BCUT2D eigenvalue weighted by atomic mass is 16.1. The van der Waals surface area contributed by atoms with Crippen molar-refractivity contribution in [3.05, 3.63) is 17.5 Å². The molecule has 0 bridgehead atoms. The van der Waals surface area contributed by atoms with Crippen LogP contribution in [0.2, 0.25) is 0 Å².